The third kappa shape index (κ3) is 2.48. The van der Waals surface area contributed by atoms with E-state index in [1.165, 1.54) is 0 Å². The van der Waals surface area contributed by atoms with Gasteiger partial charge in [-0.2, -0.15) is 0 Å². The van der Waals surface area contributed by atoms with Gasteiger partial charge in [0.1, 0.15) is 12.4 Å². The molecule has 1 aliphatic rings. The highest BCUT2D eigenvalue weighted by Gasteiger charge is 2.44. The minimum Gasteiger partial charge on any atom is -0.497 e. The lowest BCUT2D eigenvalue weighted by atomic mass is 9.69. The van der Waals surface area contributed by atoms with Crippen LogP contribution in [0, 0.1) is 5.41 Å². The van der Waals surface area contributed by atoms with Gasteiger partial charge < -0.3 is 15.2 Å². The smallest absolute Gasteiger partial charge is 0.313 e. The van der Waals surface area contributed by atoms with Gasteiger partial charge in [-0.05, 0) is 30.5 Å². The van der Waals surface area contributed by atoms with Crippen molar-refractivity contribution in [2.75, 3.05) is 13.7 Å². The van der Waals surface area contributed by atoms with Crippen LogP contribution in [0.4, 0.5) is 0 Å². The van der Waals surface area contributed by atoms with E-state index in [9.17, 15) is 4.79 Å². The number of rotatable bonds is 5. The van der Waals surface area contributed by atoms with Crippen LogP contribution >= 0.6 is 0 Å². The number of esters is 1. The largest absolute Gasteiger partial charge is 0.497 e. The molecule has 98 valence electrons. The third-order valence-corrected chi connectivity index (χ3v) is 3.66. The highest BCUT2D eigenvalue weighted by molar-refractivity contribution is 5.78. The number of hydrogen-bond acceptors (Lipinski definition) is 4. The second-order valence-electron chi connectivity index (χ2n) is 4.76. The molecule has 1 aliphatic carbocycles. The Hall–Kier alpha value is -1.55. The van der Waals surface area contributed by atoms with E-state index in [4.69, 9.17) is 15.2 Å². The molecule has 4 heteroatoms. The topological polar surface area (TPSA) is 61.5 Å². The molecule has 0 heterocycles. The fraction of sp³-hybridized carbons (Fsp3) is 0.500. The van der Waals surface area contributed by atoms with Crippen molar-refractivity contribution in [2.45, 2.75) is 25.9 Å². The van der Waals surface area contributed by atoms with Crippen LogP contribution in [-0.4, -0.2) is 19.6 Å². The van der Waals surface area contributed by atoms with Gasteiger partial charge in [0.25, 0.3) is 0 Å². The summed E-state index contributed by atoms with van der Waals surface area (Å²) < 4.78 is 10.4. The molecule has 1 saturated carbocycles. The molecule has 1 aromatic carbocycles. The molecule has 0 amide bonds. The first-order chi connectivity index (χ1) is 8.70. The molecule has 1 aromatic rings. The summed E-state index contributed by atoms with van der Waals surface area (Å²) in [4.78, 5) is 11.9. The van der Waals surface area contributed by atoms with Crippen molar-refractivity contribution >= 4 is 5.97 Å². The number of ether oxygens (including phenoxy) is 2. The second kappa shape index (κ2) is 5.40. The molecular weight excluding hydrogens is 230 g/mol. The second-order valence-corrected chi connectivity index (χ2v) is 4.76. The minimum absolute atomic E-state index is 0.160. The van der Waals surface area contributed by atoms with Crippen LogP contribution in [0.15, 0.2) is 24.3 Å². The molecule has 0 bridgehead atoms. The van der Waals surface area contributed by atoms with Crippen molar-refractivity contribution in [2.24, 2.45) is 11.1 Å². The van der Waals surface area contributed by atoms with Crippen molar-refractivity contribution in [1.29, 1.82) is 0 Å². The van der Waals surface area contributed by atoms with Crippen molar-refractivity contribution < 1.29 is 14.3 Å². The summed E-state index contributed by atoms with van der Waals surface area (Å²) in [5, 5.41) is 0. The SMILES string of the molecule is COc1ccc(COC(=O)C2(CN)CCC2)cc1. The lowest BCUT2D eigenvalue weighted by Gasteiger charge is -2.37. The maximum absolute atomic E-state index is 11.9. The van der Waals surface area contributed by atoms with E-state index in [0.29, 0.717) is 13.2 Å². The summed E-state index contributed by atoms with van der Waals surface area (Å²) >= 11 is 0. The highest BCUT2D eigenvalue weighted by atomic mass is 16.5. The van der Waals surface area contributed by atoms with E-state index in [2.05, 4.69) is 0 Å². The molecule has 0 aromatic heterocycles. The summed E-state index contributed by atoms with van der Waals surface area (Å²) in [7, 11) is 1.62. The predicted molar refractivity (Wildman–Crippen MR) is 68.1 cm³/mol. The molecule has 2 N–H and O–H groups in total. The number of benzene rings is 1. The molecule has 18 heavy (non-hydrogen) atoms. The van der Waals surface area contributed by atoms with Gasteiger partial charge in [-0.15, -0.1) is 0 Å². The van der Waals surface area contributed by atoms with Gasteiger partial charge in [-0.3, -0.25) is 4.79 Å². The number of hydrogen-bond donors (Lipinski definition) is 1. The maximum Gasteiger partial charge on any atom is 0.313 e. The van der Waals surface area contributed by atoms with Gasteiger partial charge in [-0.1, -0.05) is 18.6 Å². The van der Waals surface area contributed by atoms with Crippen molar-refractivity contribution in [1.82, 2.24) is 0 Å². The lowest BCUT2D eigenvalue weighted by molar-refractivity contribution is -0.162. The first-order valence-electron chi connectivity index (χ1n) is 6.20. The monoisotopic (exact) mass is 249 g/mol. The number of carbonyl (C=O) groups excluding carboxylic acids is 1. The van der Waals surface area contributed by atoms with Crippen LogP contribution in [0.2, 0.25) is 0 Å². The van der Waals surface area contributed by atoms with Gasteiger partial charge in [0.05, 0.1) is 12.5 Å². The molecule has 0 aliphatic heterocycles. The van der Waals surface area contributed by atoms with Gasteiger partial charge in [-0.25, -0.2) is 0 Å². The van der Waals surface area contributed by atoms with Crippen LogP contribution in [0.3, 0.4) is 0 Å². The summed E-state index contributed by atoms with van der Waals surface area (Å²) in [6.07, 6.45) is 2.77. The van der Waals surface area contributed by atoms with Crippen molar-refractivity contribution in [3.63, 3.8) is 0 Å². The standard InChI is InChI=1S/C14H19NO3/c1-17-12-5-3-11(4-6-12)9-18-13(16)14(10-15)7-2-8-14/h3-6H,2,7-10,15H2,1H3. The lowest BCUT2D eigenvalue weighted by Crippen LogP contribution is -2.45. The maximum atomic E-state index is 11.9. The highest BCUT2D eigenvalue weighted by Crippen LogP contribution is 2.41. The van der Waals surface area contributed by atoms with Gasteiger partial charge >= 0.3 is 5.97 Å². The fourth-order valence-corrected chi connectivity index (χ4v) is 2.12. The van der Waals surface area contributed by atoms with Gasteiger partial charge in [0.2, 0.25) is 0 Å². The zero-order chi connectivity index (χ0) is 13.0. The van der Waals surface area contributed by atoms with Crippen LogP contribution in [0.5, 0.6) is 5.75 Å². The van der Waals surface area contributed by atoms with Crippen LogP contribution in [0.1, 0.15) is 24.8 Å². The van der Waals surface area contributed by atoms with E-state index in [0.717, 1.165) is 30.6 Å². The summed E-state index contributed by atoms with van der Waals surface area (Å²) in [6.45, 7) is 0.680. The number of carbonyl (C=O) groups is 1. The fourth-order valence-electron chi connectivity index (χ4n) is 2.12. The Morgan fingerprint density at radius 2 is 2.00 bits per heavy atom. The molecule has 1 fully saturated rings. The first kappa shape index (κ1) is 12.9. The van der Waals surface area contributed by atoms with Crippen LogP contribution < -0.4 is 10.5 Å². The molecule has 2 rings (SSSR count). The molecule has 0 atom stereocenters. The Balaban J connectivity index is 1.88. The molecule has 0 radical (unpaired) electrons. The molecule has 0 spiro atoms. The molecular formula is C14H19NO3. The Labute approximate surface area is 107 Å². The summed E-state index contributed by atoms with van der Waals surface area (Å²) in [5.41, 5.74) is 6.20. The Morgan fingerprint density at radius 1 is 1.33 bits per heavy atom. The summed E-state index contributed by atoms with van der Waals surface area (Å²) in [5.74, 6) is 0.634. The van der Waals surface area contributed by atoms with Gasteiger partial charge in [0.15, 0.2) is 0 Å². The van der Waals surface area contributed by atoms with Gasteiger partial charge in [0, 0.05) is 6.54 Å². The molecule has 0 saturated heterocycles. The third-order valence-electron chi connectivity index (χ3n) is 3.66. The van der Waals surface area contributed by atoms with Crippen LogP contribution in [-0.2, 0) is 16.1 Å². The van der Waals surface area contributed by atoms with E-state index in [1.807, 2.05) is 24.3 Å². The number of nitrogens with two attached hydrogens (primary N) is 1. The first-order valence-corrected chi connectivity index (χ1v) is 6.20. The molecule has 4 nitrogen and oxygen atoms in total. The average Bonchev–Trinajstić information content (AvgIpc) is 2.36. The Kier molecular flexibility index (Phi) is 3.87. The minimum atomic E-state index is -0.410. The predicted octanol–water partition coefficient (Wildman–Crippen LogP) is 1.87. The quantitative estimate of drug-likeness (QED) is 0.809. The van der Waals surface area contributed by atoms with Crippen molar-refractivity contribution in [3.8, 4) is 5.75 Å². The summed E-state index contributed by atoms with van der Waals surface area (Å²) in [6, 6.07) is 7.49. The van der Waals surface area contributed by atoms with E-state index in [1.54, 1.807) is 7.11 Å². The normalized spacial score (nSPS) is 16.8. The van der Waals surface area contributed by atoms with Crippen molar-refractivity contribution in [3.05, 3.63) is 29.8 Å². The van der Waals surface area contributed by atoms with E-state index < -0.39 is 5.41 Å². The zero-order valence-electron chi connectivity index (χ0n) is 10.6. The van der Waals surface area contributed by atoms with Crippen LogP contribution in [0.25, 0.3) is 0 Å². The Morgan fingerprint density at radius 3 is 2.44 bits per heavy atom. The average molecular weight is 249 g/mol. The Bertz CT molecular complexity index is 404. The van der Waals surface area contributed by atoms with E-state index >= 15 is 0 Å². The number of methoxy groups -OCH3 is 1. The van der Waals surface area contributed by atoms with E-state index in [-0.39, 0.29) is 5.97 Å². The molecule has 0 unspecified atom stereocenters. The zero-order valence-corrected chi connectivity index (χ0v) is 10.6.